The van der Waals surface area contributed by atoms with Crippen molar-refractivity contribution >= 4 is 33.8 Å². The molecule has 0 saturated heterocycles. The summed E-state index contributed by atoms with van der Waals surface area (Å²) in [6.07, 6.45) is 3.28. The van der Waals surface area contributed by atoms with Crippen molar-refractivity contribution in [3.63, 3.8) is 0 Å². The highest BCUT2D eigenvalue weighted by atomic mass is 16.6. The number of para-hydroxylation sites is 2. The summed E-state index contributed by atoms with van der Waals surface area (Å²) < 4.78 is 8.96. The molecule has 0 fully saturated rings. The SMILES string of the molecule is O=c1c2ccccc2nc(-c2cc3ccccc3o2)n1N=Cc1cccn1-c1cccc([N+](=O)[O-])c1. The van der Waals surface area contributed by atoms with Gasteiger partial charge in [-0.05, 0) is 42.5 Å². The van der Waals surface area contributed by atoms with Crippen LogP contribution in [0.2, 0.25) is 0 Å². The molecule has 9 nitrogen and oxygen atoms in total. The predicted octanol–water partition coefficient (Wildman–Crippen LogP) is 5.39. The lowest BCUT2D eigenvalue weighted by Gasteiger charge is -2.08. The van der Waals surface area contributed by atoms with Crippen LogP contribution >= 0.6 is 0 Å². The Labute approximate surface area is 203 Å². The van der Waals surface area contributed by atoms with E-state index in [1.165, 1.54) is 23.0 Å². The van der Waals surface area contributed by atoms with Gasteiger partial charge in [-0.1, -0.05) is 36.4 Å². The molecule has 0 aliphatic rings. The van der Waals surface area contributed by atoms with Crippen LogP contribution in [-0.4, -0.2) is 25.4 Å². The number of non-ortho nitro benzene ring substituents is 1. The molecule has 0 atom stereocenters. The molecule has 3 heterocycles. The van der Waals surface area contributed by atoms with Gasteiger partial charge in [0.2, 0.25) is 5.82 Å². The maximum absolute atomic E-state index is 13.5. The fraction of sp³-hybridized carbons (Fsp3) is 0. The van der Waals surface area contributed by atoms with Gasteiger partial charge in [-0.15, -0.1) is 0 Å². The number of benzene rings is 3. The molecule has 174 valence electrons. The van der Waals surface area contributed by atoms with Crippen LogP contribution in [0.1, 0.15) is 5.69 Å². The van der Waals surface area contributed by atoms with Crippen LogP contribution in [0.5, 0.6) is 0 Å². The number of nitro benzene ring substituents is 1. The number of aromatic nitrogens is 3. The van der Waals surface area contributed by atoms with E-state index in [1.807, 2.05) is 36.4 Å². The Balaban J connectivity index is 1.50. The predicted molar refractivity (Wildman–Crippen MR) is 137 cm³/mol. The van der Waals surface area contributed by atoms with Gasteiger partial charge in [0.1, 0.15) is 5.58 Å². The molecule has 6 rings (SSSR count). The number of hydrogen-bond donors (Lipinski definition) is 0. The van der Waals surface area contributed by atoms with E-state index in [9.17, 15) is 14.9 Å². The highest BCUT2D eigenvalue weighted by molar-refractivity contribution is 5.84. The molecule has 0 unspecified atom stereocenters. The van der Waals surface area contributed by atoms with Crippen molar-refractivity contribution in [1.29, 1.82) is 0 Å². The maximum atomic E-state index is 13.5. The Kier molecular flexibility index (Phi) is 5.00. The average molecular weight is 475 g/mol. The second kappa shape index (κ2) is 8.48. The van der Waals surface area contributed by atoms with Gasteiger partial charge in [0.05, 0.1) is 33.4 Å². The number of rotatable bonds is 5. The Bertz CT molecular complexity index is 1830. The van der Waals surface area contributed by atoms with Crippen LogP contribution in [0, 0.1) is 10.1 Å². The summed E-state index contributed by atoms with van der Waals surface area (Å²) in [7, 11) is 0. The molecule has 0 aliphatic heterocycles. The van der Waals surface area contributed by atoms with Crippen LogP contribution in [0.25, 0.3) is 39.1 Å². The molecule has 0 radical (unpaired) electrons. The largest absolute Gasteiger partial charge is 0.453 e. The zero-order valence-corrected chi connectivity index (χ0v) is 18.7. The van der Waals surface area contributed by atoms with E-state index in [0.29, 0.717) is 33.6 Å². The second-order valence-electron chi connectivity index (χ2n) is 8.04. The van der Waals surface area contributed by atoms with E-state index < -0.39 is 4.92 Å². The number of nitrogens with zero attached hydrogens (tertiary/aromatic N) is 5. The van der Waals surface area contributed by atoms with Gasteiger partial charge in [-0.25, -0.2) is 4.98 Å². The topological polar surface area (TPSA) is 108 Å². The molecule has 36 heavy (non-hydrogen) atoms. The first kappa shape index (κ1) is 21.2. The molecular weight excluding hydrogens is 458 g/mol. The lowest BCUT2D eigenvalue weighted by Crippen LogP contribution is -2.20. The quantitative estimate of drug-likeness (QED) is 0.189. The Morgan fingerprint density at radius 3 is 2.64 bits per heavy atom. The van der Waals surface area contributed by atoms with E-state index in [2.05, 4.69) is 10.1 Å². The molecule has 0 bridgehead atoms. The standard InChI is InChI=1S/C27H17N5O4/c33-27-22-11-2-3-12-23(22)29-26(25-15-18-7-1-4-13-24(18)36-25)31(27)28-17-21-10-6-14-30(21)19-8-5-9-20(16-19)32(34)35/h1-17H. The molecular formula is C27H17N5O4. The summed E-state index contributed by atoms with van der Waals surface area (Å²) >= 11 is 0. The third kappa shape index (κ3) is 3.64. The van der Waals surface area contributed by atoms with Gasteiger partial charge in [-0.3, -0.25) is 14.9 Å². The molecule has 9 heteroatoms. The highest BCUT2D eigenvalue weighted by Gasteiger charge is 2.16. The number of fused-ring (bicyclic) bond motifs is 2. The third-order valence-electron chi connectivity index (χ3n) is 5.80. The third-order valence-corrected chi connectivity index (χ3v) is 5.80. The van der Waals surface area contributed by atoms with Crippen LogP contribution < -0.4 is 5.56 Å². The lowest BCUT2D eigenvalue weighted by atomic mass is 10.2. The van der Waals surface area contributed by atoms with Gasteiger partial charge in [0.15, 0.2) is 5.76 Å². The zero-order chi connectivity index (χ0) is 24.6. The lowest BCUT2D eigenvalue weighted by molar-refractivity contribution is -0.384. The number of nitro groups is 1. The fourth-order valence-corrected chi connectivity index (χ4v) is 4.09. The minimum Gasteiger partial charge on any atom is -0.453 e. The van der Waals surface area contributed by atoms with Gasteiger partial charge >= 0.3 is 0 Å². The van der Waals surface area contributed by atoms with Gasteiger partial charge < -0.3 is 8.98 Å². The molecule has 0 amide bonds. The van der Waals surface area contributed by atoms with E-state index in [4.69, 9.17) is 4.42 Å². The van der Waals surface area contributed by atoms with Crippen molar-refractivity contribution in [3.05, 3.63) is 123 Å². The number of furan rings is 1. The van der Waals surface area contributed by atoms with Crippen molar-refractivity contribution in [2.24, 2.45) is 5.10 Å². The zero-order valence-electron chi connectivity index (χ0n) is 18.7. The van der Waals surface area contributed by atoms with E-state index >= 15 is 0 Å². The van der Waals surface area contributed by atoms with E-state index in [0.717, 1.165) is 5.39 Å². The monoisotopic (exact) mass is 475 g/mol. The molecule has 0 spiro atoms. The second-order valence-corrected chi connectivity index (χ2v) is 8.04. The molecule has 6 aromatic rings. The number of hydrogen-bond acceptors (Lipinski definition) is 6. The molecule has 0 saturated carbocycles. The summed E-state index contributed by atoms with van der Waals surface area (Å²) in [5.74, 6) is 0.671. The first-order chi connectivity index (χ1) is 17.6. The Hall–Kier alpha value is -5.31. The summed E-state index contributed by atoms with van der Waals surface area (Å²) in [5.41, 5.74) is 2.05. The summed E-state index contributed by atoms with van der Waals surface area (Å²) in [5, 5.41) is 17.0. The Morgan fingerprint density at radius 1 is 0.944 bits per heavy atom. The van der Waals surface area contributed by atoms with Crippen LogP contribution in [0.15, 0.2) is 112 Å². The molecule has 0 N–H and O–H groups in total. The highest BCUT2D eigenvalue weighted by Crippen LogP contribution is 2.27. The van der Waals surface area contributed by atoms with E-state index in [1.54, 1.807) is 53.2 Å². The minimum atomic E-state index is -0.444. The van der Waals surface area contributed by atoms with Crippen LogP contribution in [0.3, 0.4) is 0 Å². The van der Waals surface area contributed by atoms with E-state index in [-0.39, 0.29) is 17.1 Å². The molecule has 3 aromatic carbocycles. The van der Waals surface area contributed by atoms with Crippen molar-refractivity contribution in [3.8, 4) is 17.3 Å². The minimum absolute atomic E-state index is 0.0220. The summed E-state index contributed by atoms with van der Waals surface area (Å²) in [4.78, 5) is 28.9. The van der Waals surface area contributed by atoms with Crippen molar-refractivity contribution < 1.29 is 9.34 Å². The normalized spacial score (nSPS) is 11.6. The fourth-order valence-electron chi connectivity index (χ4n) is 4.09. The van der Waals surface area contributed by atoms with Gasteiger partial charge in [-0.2, -0.15) is 9.78 Å². The van der Waals surface area contributed by atoms with Crippen LogP contribution in [-0.2, 0) is 0 Å². The summed E-state index contributed by atoms with van der Waals surface area (Å²) in [6.45, 7) is 0. The maximum Gasteiger partial charge on any atom is 0.282 e. The van der Waals surface area contributed by atoms with Gasteiger partial charge in [0.25, 0.3) is 11.2 Å². The molecule has 0 aliphatic carbocycles. The average Bonchev–Trinajstić information content (AvgIpc) is 3.55. The molecule has 3 aromatic heterocycles. The van der Waals surface area contributed by atoms with Crippen LogP contribution in [0.4, 0.5) is 5.69 Å². The Morgan fingerprint density at radius 2 is 1.78 bits per heavy atom. The first-order valence-corrected chi connectivity index (χ1v) is 11.1. The van der Waals surface area contributed by atoms with Crippen molar-refractivity contribution in [1.82, 2.24) is 14.2 Å². The van der Waals surface area contributed by atoms with Gasteiger partial charge in [0, 0.05) is 23.7 Å². The first-order valence-electron chi connectivity index (χ1n) is 11.1. The van der Waals surface area contributed by atoms with Crippen molar-refractivity contribution in [2.75, 3.05) is 0 Å². The smallest absolute Gasteiger partial charge is 0.282 e. The summed E-state index contributed by atoms with van der Waals surface area (Å²) in [6, 6.07) is 26.3. The van der Waals surface area contributed by atoms with Crippen molar-refractivity contribution in [2.45, 2.75) is 0 Å².